The lowest BCUT2D eigenvalue weighted by molar-refractivity contribution is 0.254. The molecule has 0 aliphatic carbocycles. The third-order valence-corrected chi connectivity index (χ3v) is 4.26. The number of rotatable bonds is 14. The van der Waals surface area contributed by atoms with E-state index in [1.54, 1.807) is 0 Å². The van der Waals surface area contributed by atoms with Gasteiger partial charge in [0.25, 0.3) is 0 Å². The third kappa shape index (κ3) is 10.7. The summed E-state index contributed by atoms with van der Waals surface area (Å²) in [5.41, 5.74) is 0. The van der Waals surface area contributed by atoms with E-state index < -0.39 is 0 Å². The Hall–Kier alpha value is -0.0800. The van der Waals surface area contributed by atoms with E-state index in [2.05, 4.69) is 44.8 Å². The maximum absolute atomic E-state index is 3.89. The Balaban J connectivity index is 4.08. The summed E-state index contributed by atoms with van der Waals surface area (Å²) >= 11 is 0. The van der Waals surface area contributed by atoms with E-state index in [0.717, 1.165) is 6.04 Å². The first kappa shape index (κ1) is 19.9. The first-order valence-electron chi connectivity index (χ1n) is 9.16. The predicted octanol–water partition coefficient (Wildman–Crippen LogP) is 4.84. The van der Waals surface area contributed by atoms with Gasteiger partial charge in [-0.1, -0.05) is 66.2 Å². The second kappa shape index (κ2) is 13.9. The molecule has 1 N–H and O–H groups in total. The fourth-order valence-corrected chi connectivity index (χ4v) is 2.92. The van der Waals surface area contributed by atoms with Crippen LogP contribution in [0.15, 0.2) is 0 Å². The SMILES string of the molecule is CCCCCC(CCCCC)NC(C)CN(CC)CC. The van der Waals surface area contributed by atoms with Gasteiger partial charge in [-0.3, -0.25) is 0 Å². The van der Waals surface area contributed by atoms with Gasteiger partial charge < -0.3 is 10.2 Å². The van der Waals surface area contributed by atoms with E-state index in [1.807, 2.05) is 0 Å². The summed E-state index contributed by atoms with van der Waals surface area (Å²) in [6, 6.07) is 1.35. The highest BCUT2D eigenvalue weighted by atomic mass is 15.1. The van der Waals surface area contributed by atoms with Crippen LogP contribution in [0.1, 0.15) is 86.0 Å². The molecule has 0 bridgehead atoms. The molecule has 20 heavy (non-hydrogen) atoms. The predicted molar refractivity (Wildman–Crippen MR) is 92.5 cm³/mol. The minimum Gasteiger partial charge on any atom is -0.310 e. The number of nitrogens with one attached hydrogen (secondary N) is 1. The van der Waals surface area contributed by atoms with E-state index in [0.29, 0.717) is 6.04 Å². The highest BCUT2D eigenvalue weighted by Gasteiger charge is 2.13. The van der Waals surface area contributed by atoms with Gasteiger partial charge in [0.1, 0.15) is 0 Å². The lowest BCUT2D eigenvalue weighted by Crippen LogP contribution is -2.44. The van der Waals surface area contributed by atoms with Crippen LogP contribution in [0.3, 0.4) is 0 Å². The second-order valence-corrected chi connectivity index (χ2v) is 6.24. The van der Waals surface area contributed by atoms with Gasteiger partial charge in [0.2, 0.25) is 0 Å². The van der Waals surface area contributed by atoms with Crippen LogP contribution >= 0.6 is 0 Å². The summed E-state index contributed by atoms with van der Waals surface area (Å²) in [4.78, 5) is 2.52. The third-order valence-electron chi connectivity index (χ3n) is 4.26. The highest BCUT2D eigenvalue weighted by molar-refractivity contribution is 4.74. The first-order valence-corrected chi connectivity index (χ1v) is 9.16. The molecule has 1 atom stereocenters. The van der Waals surface area contributed by atoms with Gasteiger partial charge >= 0.3 is 0 Å². The molecule has 0 saturated carbocycles. The van der Waals surface area contributed by atoms with Crippen molar-refractivity contribution in [2.75, 3.05) is 19.6 Å². The fraction of sp³-hybridized carbons (Fsp3) is 1.00. The summed E-state index contributed by atoms with van der Waals surface area (Å²) in [7, 11) is 0. The van der Waals surface area contributed by atoms with Crippen molar-refractivity contribution in [1.82, 2.24) is 10.2 Å². The maximum atomic E-state index is 3.89. The summed E-state index contributed by atoms with van der Waals surface area (Å²) in [6.45, 7) is 15.0. The molecule has 0 fully saturated rings. The molecule has 0 saturated heterocycles. The number of unbranched alkanes of at least 4 members (excludes halogenated alkanes) is 4. The van der Waals surface area contributed by atoms with E-state index in [-0.39, 0.29) is 0 Å². The van der Waals surface area contributed by atoms with Crippen LogP contribution in [0, 0.1) is 0 Å². The topological polar surface area (TPSA) is 15.3 Å². The molecule has 2 nitrogen and oxygen atoms in total. The molecule has 0 heterocycles. The van der Waals surface area contributed by atoms with Crippen LogP contribution in [-0.2, 0) is 0 Å². The molecule has 0 amide bonds. The van der Waals surface area contributed by atoms with Gasteiger partial charge in [-0.05, 0) is 32.9 Å². The highest BCUT2D eigenvalue weighted by Crippen LogP contribution is 2.12. The molecular formula is C18H40N2. The van der Waals surface area contributed by atoms with Crippen LogP contribution in [-0.4, -0.2) is 36.6 Å². The van der Waals surface area contributed by atoms with E-state index in [9.17, 15) is 0 Å². The number of nitrogens with zero attached hydrogens (tertiary/aromatic N) is 1. The largest absolute Gasteiger partial charge is 0.310 e. The molecule has 1 unspecified atom stereocenters. The van der Waals surface area contributed by atoms with Crippen LogP contribution < -0.4 is 5.32 Å². The molecule has 0 aromatic rings. The Labute approximate surface area is 128 Å². The number of hydrogen-bond donors (Lipinski definition) is 1. The van der Waals surface area contributed by atoms with Crippen molar-refractivity contribution in [2.45, 2.75) is 98.1 Å². The van der Waals surface area contributed by atoms with Crippen LogP contribution in [0.4, 0.5) is 0 Å². The van der Waals surface area contributed by atoms with E-state index in [1.165, 1.54) is 71.0 Å². The summed E-state index contributed by atoms with van der Waals surface area (Å²) in [6.07, 6.45) is 10.9. The smallest absolute Gasteiger partial charge is 0.0169 e. The Morgan fingerprint density at radius 3 is 1.70 bits per heavy atom. The lowest BCUT2D eigenvalue weighted by atomic mass is 10.0. The van der Waals surface area contributed by atoms with Crippen molar-refractivity contribution < 1.29 is 0 Å². The van der Waals surface area contributed by atoms with Crippen LogP contribution in [0.2, 0.25) is 0 Å². The average molecular weight is 285 g/mol. The lowest BCUT2D eigenvalue weighted by Gasteiger charge is -2.28. The standard InChI is InChI=1S/C18H40N2/c1-6-10-12-14-18(15-13-11-7-2)19-17(5)16-20(8-3)9-4/h17-19H,6-16H2,1-5H3. The van der Waals surface area contributed by atoms with Gasteiger partial charge in [0.05, 0.1) is 0 Å². The quantitative estimate of drug-likeness (QED) is 0.459. The van der Waals surface area contributed by atoms with Crippen molar-refractivity contribution >= 4 is 0 Å². The van der Waals surface area contributed by atoms with Gasteiger partial charge in [-0.25, -0.2) is 0 Å². The van der Waals surface area contributed by atoms with Crippen molar-refractivity contribution in [1.29, 1.82) is 0 Å². The van der Waals surface area contributed by atoms with Crippen molar-refractivity contribution in [3.8, 4) is 0 Å². The Kier molecular flexibility index (Phi) is 13.8. The molecule has 122 valence electrons. The fourth-order valence-electron chi connectivity index (χ4n) is 2.92. The maximum Gasteiger partial charge on any atom is 0.0169 e. The van der Waals surface area contributed by atoms with Crippen molar-refractivity contribution in [3.05, 3.63) is 0 Å². The number of likely N-dealkylation sites (N-methyl/N-ethyl adjacent to an activating group) is 1. The summed E-state index contributed by atoms with van der Waals surface area (Å²) < 4.78 is 0. The summed E-state index contributed by atoms with van der Waals surface area (Å²) in [5, 5.41) is 3.89. The molecule has 0 aromatic carbocycles. The first-order chi connectivity index (χ1) is 9.67. The zero-order chi connectivity index (χ0) is 15.2. The minimum absolute atomic E-state index is 0.614. The van der Waals surface area contributed by atoms with Gasteiger partial charge in [0, 0.05) is 18.6 Å². The molecule has 2 heteroatoms. The van der Waals surface area contributed by atoms with Gasteiger partial charge in [-0.2, -0.15) is 0 Å². The molecular weight excluding hydrogens is 244 g/mol. The molecule has 0 aromatic heterocycles. The number of hydrogen-bond acceptors (Lipinski definition) is 2. The van der Waals surface area contributed by atoms with Crippen LogP contribution in [0.5, 0.6) is 0 Å². The second-order valence-electron chi connectivity index (χ2n) is 6.24. The molecule has 0 spiro atoms. The molecule has 0 radical (unpaired) electrons. The van der Waals surface area contributed by atoms with Crippen molar-refractivity contribution in [3.63, 3.8) is 0 Å². The molecule has 0 rings (SSSR count). The molecule has 0 aliphatic rings. The van der Waals surface area contributed by atoms with Gasteiger partial charge in [-0.15, -0.1) is 0 Å². The van der Waals surface area contributed by atoms with E-state index >= 15 is 0 Å². The van der Waals surface area contributed by atoms with Crippen LogP contribution in [0.25, 0.3) is 0 Å². The normalized spacial score (nSPS) is 13.3. The zero-order valence-electron chi connectivity index (χ0n) is 14.9. The Morgan fingerprint density at radius 2 is 1.30 bits per heavy atom. The van der Waals surface area contributed by atoms with Crippen molar-refractivity contribution in [2.24, 2.45) is 0 Å². The monoisotopic (exact) mass is 284 g/mol. The van der Waals surface area contributed by atoms with E-state index in [4.69, 9.17) is 0 Å². The summed E-state index contributed by atoms with van der Waals surface area (Å²) in [5.74, 6) is 0. The Morgan fingerprint density at radius 1 is 0.800 bits per heavy atom. The van der Waals surface area contributed by atoms with Gasteiger partial charge in [0.15, 0.2) is 0 Å². The average Bonchev–Trinajstić information content (AvgIpc) is 2.45. The Bertz CT molecular complexity index is 180. The molecule has 0 aliphatic heterocycles. The minimum atomic E-state index is 0.614. The zero-order valence-corrected chi connectivity index (χ0v) is 14.9.